The van der Waals surface area contributed by atoms with Gasteiger partial charge >= 0.3 is 12.1 Å². The molecule has 1 aliphatic heterocycles. The van der Waals surface area contributed by atoms with Gasteiger partial charge in [0, 0.05) is 19.0 Å². The van der Waals surface area contributed by atoms with Crippen LogP contribution in [0, 0.1) is 17.8 Å². The Morgan fingerprint density at radius 2 is 1.59 bits per heavy atom. The van der Waals surface area contributed by atoms with Crippen LogP contribution in [-0.2, 0) is 14.3 Å². The summed E-state index contributed by atoms with van der Waals surface area (Å²) < 4.78 is 5.56. The van der Waals surface area contributed by atoms with E-state index in [1.54, 1.807) is 4.90 Å². The van der Waals surface area contributed by atoms with Crippen molar-refractivity contribution in [3.63, 3.8) is 0 Å². The molecule has 32 heavy (non-hydrogen) atoms. The molecule has 3 aliphatic rings. The summed E-state index contributed by atoms with van der Waals surface area (Å²) in [5.41, 5.74) is 4.58. The number of ether oxygens (including phenoxy) is 1. The number of fused-ring (bicyclic) bond motifs is 4. The summed E-state index contributed by atoms with van der Waals surface area (Å²) >= 11 is 0. The number of rotatable bonds is 6. The standard InChI is InChI=1S/C25H26N2O5/c1-2-21(23(28)27-11-18-19(12-27)22(18)24(29)30)26-25(31)32-13-20-16-9-5-3-7-14(16)15-8-4-6-10-17(15)20/h3-10,18-22H,2,11-13H2,1H3,(H,26,31)(H,29,30)/t18-,19+,21-,22?/m0/s1. The third-order valence-corrected chi connectivity index (χ3v) is 7.13. The molecule has 7 nitrogen and oxygen atoms in total. The first-order valence-corrected chi connectivity index (χ1v) is 11.1. The molecule has 7 heteroatoms. The van der Waals surface area contributed by atoms with Gasteiger partial charge in [0.25, 0.3) is 0 Å². The molecule has 2 aromatic rings. The molecule has 1 unspecified atom stereocenters. The summed E-state index contributed by atoms with van der Waals surface area (Å²) in [6.07, 6.45) is -0.170. The number of hydrogen-bond acceptors (Lipinski definition) is 4. The van der Waals surface area contributed by atoms with Gasteiger partial charge in [0.05, 0.1) is 5.92 Å². The Labute approximate surface area is 186 Å². The third-order valence-electron chi connectivity index (χ3n) is 7.13. The average molecular weight is 434 g/mol. The van der Waals surface area contributed by atoms with E-state index in [4.69, 9.17) is 9.84 Å². The van der Waals surface area contributed by atoms with E-state index in [0.717, 1.165) is 22.3 Å². The van der Waals surface area contributed by atoms with Gasteiger partial charge in [0.15, 0.2) is 0 Å². The SMILES string of the molecule is CC[C@H](NC(=O)OCC1c2ccccc2-c2ccccc21)C(=O)N1C[C@@H]2C(C(=O)O)[C@@H]2C1. The highest BCUT2D eigenvalue weighted by molar-refractivity contribution is 5.87. The third kappa shape index (κ3) is 3.42. The molecule has 2 amide bonds. The van der Waals surface area contributed by atoms with E-state index < -0.39 is 18.1 Å². The number of carbonyl (C=O) groups is 3. The minimum absolute atomic E-state index is 0.0393. The first-order valence-electron chi connectivity index (χ1n) is 11.1. The highest BCUT2D eigenvalue weighted by Crippen LogP contribution is 2.51. The van der Waals surface area contributed by atoms with Gasteiger partial charge in [-0.1, -0.05) is 55.5 Å². The van der Waals surface area contributed by atoms with Crippen molar-refractivity contribution in [2.24, 2.45) is 17.8 Å². The van der Waals surface area contributed by atoms with Crippen molar-refractivity contribution < 1.29 is 24.2 Å². The van der Waals surface area contributed by atoms with E-state index in [1.165, 1.54) is 0 Å². The fourth-order valence-electron chi connectivity index (χ4n) is 5.41. The molecule has 2 N–H and O–H groups in total. The summed E-state index contributed by atoms with van der Waals surface area (Å²) in [6.45, 7) is 2.93. The maximum absolute atomic E-state index is 12.9. The highest BCUT2D eigenvalue weighted by Gasteiger charge is 2.60. The second-order valence-electron chi connectivity index (χ2n) is 8.87. The minimum Gasteiger partial charge on any atom is -0.481 e. The predicted molar refractivity (Wildman–Crippen MR) is 117 cm³/mol. The summed E-state index contributed by atoms with van der Waals surface area (Å²) in [7, 11) is 0. The summed E-state index contributed by atoms with van der Waals surface area (Å²) in [6, 6.07) is 15.6. The average Bonchev–Trinajstić information content (AvgIpc) is 3.16. The molecule has 1 saturated heterocycles. The number of hydrogen-bond donors (Lipinski definition) is 2. The van der Waals surface area contributed by atoms with Crippen molar-refractivity contribution in [3.05, 3.63) is 59.7 Å². The molecular formula is C25H26N2O5. The number of aliphatic carboxylic acids is 1. The van der Waals surface area contributed by atoms with Crippen LogP contribution >= 0.6 is 0 Å². The molecular weight excluding hydrogens is 408 g/mol. The summed E-state index contributed by atoms with van der Waals surface area (Å²) in [5, 5.41) is 11.9. The van der Waals surface area contributed by atoms with E-state index in [0.29, 0.717) is 19.5 Å². The van der Waals surface area contributed by atoms with E-state index in [9.17, 15) is 14.4 Å². The monoisotopic (exact) mass is 434 g/mol. The highest BCUT2D eigenvalue weighted by atomic mass is 16.5. The number of piperidine rings is 1. The lowest BCUT2D eigenvalue weighted by Gasteiger charge is -2.25. The molecule has 0 radical (unpaired) electrons. The first kappa shape index (κ1) is 20.5. The zero-order valence-electron chi connectivity index (χ0n) is 17.9. The van der Waals surface area contributed by atoms with E-state index in [2.05, 4.69) is 29.6 Å². The fourth-order valence-corrected chi connectivity index (χ4v) is 5.41. The molecule has 2 aliphatic carbocycles. The van der Waals surface area contributed by atoms with Gasteiger partial charge in [-0.3, -0.25) is 9.59 Å². The molecule has 1 saturated carbocycles. The lowest BCUT2D eigenvalue weighted by Crippen LogP contribution is -2.48. The van der Waals surface area contributed by atoms with Crippen LogP contribution in [0.1, 0.15) is 30.4 Å². The maximum atomic E-state index is 12.9. The minimum atomic E-state index is -0.782. The number of likely N-dealkylation sites (tertiary alicyclic amines) is 1. The topological polar surface area (TPSA) is 95.9 Å². The molecule has 2 aromatic carbocycles. The summed E-state index contributed by atoms with van der Waals surface area (Å²) in [5.74, 6) is -1.23. The first-order chi connectivity index (χ1) is 15.5. The maximum Gasteiger partial charge on any atom is 0.407 e. The number of carboxylic acid groups (broad SMARTS) is 1. The summed E-state index contributed by atoms with van der Waals surface area (Å²) in [4.78, 5) is 38.2. The normalized spacial score (nSPS) is 23.7. The molecule has 0 aromatic heterocycles. The Morgan fingerprint density at radius 3 is 2.12 bits per heavy atom. The Kier molecular flexibility index (Phi) is 5.12. The van der Waals surface area contributed by atoms with Crippen molar-refractivity contribution in [1.29, 1.82) is 0 Å². The van der Waals surface area contributed by atoms with Crippen LogP contribution in [0.25, 0.3) is 11.1 Å². The smallest absolute Gasteiger partial charge is 0.407 e. The van der Waals surface area contributed by atoms with Crippen LogP contribution in [0.2, 0.25) is 0 Å². The molecule has 1 heterocycles. The second kappa shape index (κ2) is 7.97. The van der Waals surface area contributed by atoms with Crippen molar-refractivity contribution in [2.45, 2.75) is 25.3 Å². The number of nitrogens with zero attached hydrogens (tertiary/aromatic N) is 1. The van der Waals surface area contributed by atoms with Crippen molar-refractivity contribution in [3.8, 4) is 11.1 Å². The lowest BCUT2D eigenvalue weighted by molar-refractivity contribution is -0.141. The van der Waals surface area contributed by atoms with Crippen molar-refractivity contribution in [1.82, 2.24) is 10.2 Å². The molecule has 5 rings (SSSR count). The van der Waals surface area contributed by atoms with Gasteiger partial charge in [0.1, 0.15) is 12.6 Å². The predicted octanol–water partition coefficient (Wildman–Crippen LogP) is 3.09. The number of benzene rings is 2. The van der Waals surface area contributed by atoms with Gasteiger partial charge in [-0.15, -0.1) is 0 Å². The van der Waals surface area contributed by atoms with Crippen molar-refractivity contribution >= 4 is 18.0 Å². The largest absolute Gasteiger partial charge is 0.481 e. The van der Waals surface area contributed by atoms with Crippen LogP contribution in [0.3, 0.4) is 0 Å². The van der Waals surface area contributed by atoms with Gasteiger partial charge in [-0.05, 0) is 40.5 Å². The fraction of sp³-hybridized carbons (Fsp3) is 0.400. The Bertz CT molecular complexity index is 1030. The van der Waals surface area contributed by atoms with E-state index in [-0.39, 0.29) is 36.2 Å². The molecule has 0 bridgehead atoms. The Hall–Kier alpha value is -3.35. The zero-order chi connectivity index (χ0) is 22.4. The van der Waals surface area contributed by atoms with E-state index in [1.807, 2.05) is 31.2 Å². The van der Waals surface area contributed by atoms with Crippen LogP contribution in [-0.4, -0.2) is 53.7 Å². The number of alkyl carbamates (subject to hydrolysis) is 1. The Balaban J connectivity index is 1.19. The van der Waals surface area contributed by atoms with Crippen LogP contribution < -0.4 is 5.32 Å². The Morgan fingerprint density at radius 1 is 1.03 bits per heavy atom. The number of amides is 2. The van der Waals surface area contributed by atoms with Crippen LogP contribution in [0.5, 0.6) is 0 Å². The van der Waals surface area contributed by atoms with Gasteiger partial charge in [0.2, 0.25) is 5.91 Å². The molecule has 166 valence electrons. The van der Waals surface area contributed by atoms with Crippen LogP contribution in [0.4, 0.5) is 4.79 Å². The molecule has 2 fully saturated rings. The number of nitrogens with one attached hydrogen (secondary N) is 1. The van der Waals surface area contributed by atoms with Gasteiger partial charge < -0.3 is 20.1 Å². The number of carbonyl (C=O) groups excluding carboxylic acids is 2. The van der Waals surface area contributed by atoms with Crippen LogP contribution in [0.15, 0.2) is 48.5 Å². The van der Waals surface area contributed by atoms with Gasteiger partial charge in [-0.2, -0.15) is 0 Å². The molecule has 0 spiro atoms. The number of carboxylic acids is 1. The van der Waals surface area contributed by atoms with E-state index >= 15 is 0 Å². The van der Waals surface area contributed by atoms with Crippen molar-refractivity contribution in [2.75, 3.05) is 19.7 Å². The van der Waals surface area contributed by atoms with Gasteiger partial charge in [-0.25, -0.2) is 4.79 Å². The second-order valence-corrected chi connectivity index (χ2v) is 8.87. The quantitative estimate of drug-likeness (QED) is 0.728. The zero-order valence-corrected chi connectivity index (χ0v) is 17.9. The lowest BCUT2D eigenvalue weighted by atomic mass is 9.98. The molecule has 4 atom stereocenters.